The Labute approximate surface area is 200 Å². The first-order chi connectivity index (χ1) is 16.6. The maximum atomic E-state index is 9.82. The fourth-order valence-corrected chi connectivity index (χ4v) is 5.83. The molecule has 174 valence electrons. The van der Waals surface area contributed by atoms with Crippen molar-refractivity contribution in [3.05, 3.63) is 47.9 Å². The lowest BCUT2D eigenvalue weighted by Crippen LogP contribution is -2.21. The molecule has 3 N–H and O–H groups in total. The van der Waals surface area contributed by atoms with E-state index >= 15 is 0 Å². The van der Waals surface area contributed by atoms with Gasteiger partial charge in [-0.3, -0.25) is 4.68 Å². The molecule has 0 spiro atoms. The first-order valence-electron chi connectivity index (χ1n) is 11.4. The quantitative estimate of drug-likeness (QED) is 0.360. The third-order valence-corrected chi connectivity index (χ3v) is 7.61. The van der Waals surface area contributed by atoms with E-state index in [1.165, 1.54) is 0 Å². The summed E-state index contributed by atoms with van der Waals surface area (Å²) in [5, 5.41) is 16.3. The zero-order valence-corrected chi connectivity index (χ0v) is 19.6. The van der Waals surface area contributed by atoms with Crippen LogP contribution in [0.2, 0.25) is 0 Å². The van der Waals surface area contributed by atoms with Crippen LogP contribution >= 0.6 is 11.3 Å². The van der Waals surface area contributed by atoms with Gasteiger partial charge in [-0.05, 0) is 43.9 Å². The standard InChI is InChI=1S/C25H25N5O3S/c1-32-13-22-29-20-4-2-3-17(24(20)34-22)21-9-18-19(11-27-25(26)23(18)33-21)14-10-28-30(12-14)15-5-7-16(31)8-6-15/h2-4,9-12,15-16,31H,5-8,13H2,1H3,(H2,26,27). The van der Waals surface area contributed by atoms with Gasteiger partial charge in [-0.1, -0.05) is 6.07 Å². The lowest BCUT2D eigenvalue weighted by Gasteiger charge is -2.25. The van der Waals surface area contributed by atoms with E-state index in [1.807, 2.05) is 35.1 Å². The summed E-state index contributed by atoms with van der Waals surface area (Å²) in [6.45, 7) is 0.476. The summed E-state index contributed by atoms with van der Waals surface area (Å²) < 4.78 is 14.6. The number of hydrogen-bond acceptors (Lipinski definition) is 8. The minimum absolute atomic E-state index is 0.190. The highest BCUT2D eigenvalue weighted by atomic mass is 32.1. The molecule has 34 heavy (non-hydrogen) atoms. The van der Waals surface area contributed by atoms with Crippen LogP contribution in [0.1, 0.15) is 36.7 Å². The van der Waals surface area contributed by atoms with Crippen molar-refractivity contribution in [2.24, 2.45) is 0 Å². The molecule has 1 aromatic carbocycles. The molecule has 0 bridgehead atoms. The normalized spacial score (nSPS) is 18.8. The molecule has 9 heteroatoms. The zero-order chi connectivity index (χ0) is 23.2. The van der Waals surface area contributed by atoms with Crippen LogP contribution in [0.5, 0.6) is 0 Å². The van der Waals surface area contributed by atoms with Gasteiger partial charge in [0.2, 0.25) is 0 Å². The highest BCUT2D eigenvalue weighted by Gasteiger charge is 2.23. The van der Waals surface area contributed by atoms with Crippen molar-refractivity contribution in [3.63, 3.8) is 0 Å². The summed E-state index contributed by atoms with van der Waals surface area (Å²) >= 11 is 1.60. The van der Waals surface area contributed by atoms with E-state index in [0.717, 1.165) is 68.7 Å². The predicted octanol–water partition coefficient (Wildman–Crippen LogP) is 5.17. The summed E-state index contributed by atoms with van der Waals surface area (Å²) in [5.74, 6) is 1.08. The highest BCUT2D eigenvalue weighted by Crippen LogP contribution is 2.40. The molecule has 0 aliphatic heterocycles. The van der Waals surface area contributed by atoms with Crippen molar-refractivity contribution in [1.82, 2.24) is 19.7 Å². The molecule has 0 atom stereocenters. The predicted molar refractivity (Wildman–Crippen MR) is 132 cm³/mol. The van der Waals surface area contributed by atoms with Gasteiger partial charge in [-0.25, -0.2) is 9.97 Å². The van der Waals surface area contributed by atoms with E-state index in [1.54, 1.807) is 24.6 Å². The molecule has 6 rings (SSSR count). The SMILES string of the molecule is COCc1nc2cccc(-c3cc4c(-c5cnn(C6CCC(O)CC6)c5)cnc(N)c4o3)c2s1. The second-order valence-corrected chi connectivity index (χ2v) is 9.86. The Morgan fingerprint density at radius 1 is 1.21 bits per heavy atom. The molecule has 0 amide bonds. The van der Waals surface area contributed by atoms with Crippen LogP contribution in [-0.4, -0.2) is 38.1 Å². The third kappa shape index (κ3) is 3.66. The number of aliphatic hydroxyl groups is 1. The van der Waals surface area contributed by atoms with Gasteiger partial charge in [0, 0.05) is 41.6 Å². The monoisotopic (exact) mass is 475 g/mol. The van der Waals surface area contributed by atoms with E-state index in [4.69, 9.17) is 14.9 Å². The topological polar surface area (TPSA) is 112 Å². The van der Waals surface area contributed by atoms with Crippen LogP contribution in [0.25, 0.3) is 43.6 Å². The van der Waals surface area contributed by atoms with E-state index in [0.29, 0.717) is 24.0 Å². The maximum Gasteiger partial charge on any atom is 0.177 e. The number of thiazole rings is 1. The van der Waals surface area contributed by atoms with Gasteiger partial charge < -0.3 is 20.0 Å². The number of ether oxygens (including phenoxy) is 1. The van der Waals surface area contributed by atoms with Crippen molar-refractivity contribution in [3.8, 4) is 22.5 Å². The van der Waals surface area contributed by atoms with E-state index in [-0.39, 0.29) is 6.10 Å². The second kappa shape index (κ2) is 8.50. The van der Waals surface area contributed by atoms with Gasteiger partial charge in [0.15, 0.2) is 11.4 Å². The Balaban J connectivity index is 1.42. The van der Waals surface area contributed by atoms with Crippen LogP contribution < -0.4 is 5.73 Å². The van der Waals surface area contributed by atoms with Gasteiger partial charge in [-0.2, -0.15) is 5.10 Å². The summed E-state index contributed by atoms with van der Waals surface area (Å²) in [6, 6.07) is 8.35. The second-order valence-electron chi connectivity index (χ2n) is 8.78. The summed E-state index contributed by atoms with van der Waals surface area (Å²) in [6.07, 6.45) is 9.00. The van der Waals surface area contributed by atoms with E-state index < -0.39 is 0 Å². The molecule has 1 aliphatic rings. The van der Waals surface area contributed by atoms with Crippen LogP contribution in [0.15, 0.2) is 47.3 Å². The average molecular weight is 476 g/mol. The van der Waals surface area contributed by atoms with Crippen molar-refractivity contribution in [1.29, 1.82) is 0 Å². The lowest BCUT2D eigenvalue weighted by atomic mass is 9.93. The molecule has 0 saturated heterocycles. The van der Waals surface area contributed by atoms with Crippen molar-refractivity contribution in [2.45, 2.75) is 44.4 Å². The molecule has 0 radical (unpaired) electrons. The Kier molecular flexibility index (Phi) is 5.32. The number of furan rings is 1. The fraction of sp³-hybridized carbons (Fsp3) is 0.320. The molecule has 4 heterocycles. The first-order valence-corrected chi connectivity index (χ1v) is 12.2. The Morgan fingerprint density at radius 3 is 2.88 bits per heavy atom. The number of nitrogens with two attached hydrogens (primary N) is 1. The highest BCUT2D eigenvalue weighted by molar-refractivity contribution is 7.19. The molecular weight excluding hydrogens is 450 g/mol. The fourth-order valence-electron chi connectivity index (χ4n) is 4.78. The third-order valence-electron chi connectivity index (χ3n) is 6.53. The number of pyridine rings is 1. The van der Waals surface area contributed by atoms with Gasteiger partial charge in [0.05, 0.1) is 35.2 Å². The van der Waals surface area contributed by atoms with Gasteiger partial charge in [0.25, 0.3) is 0 Å². The van der Waals surface area contributed by atoms with Gasteiger partial charge >= 0.3 is 0 Å². The number of nitrogen functional groups attached to an aromatic ring is 1. The summed E-state index contributed by atoms with van der Waals surface area (Å²) in [5.41, 5.74) is 10.6. The van der Waals surface area contributed by atoms with E-state index in [2.05, 4.69) is 21.3 Å². The van der Waals surface area contributed by atoms with Crippen molar-refractivity contribution >= 4 is 38.3 Å². The zero-order valence-electron chi connectivity index (χ0n) is 18.8. The van der Waals surface area contributed by atoms with Crippen molar-refractivity contribution in [2.75, 3.05) is 12.8 Å². The number of fused-ring (bicyclic) bond motifs is 2. The molecule has 4 aromatic heterocycles. The van der Waals surface area contributed by atoms with E-state index in [9.17, 15) is 5.11 Å². The molecule has 5 aromatic rings. The number of anilines is 1. The minimum Gasteiger partial charge on any atom is -0.452 e. The summed E-state index contributed by atoms with van der Waals surface area (Å²) in [4.78, 5) is 9.07. The number of methoxy groups -OCH3 is 1. The Hall–Kier alpha value is -3.27. The number of rotatable bonds is 5. The molecule has 1 saturated carbocycles. The smallest absolute Gasteiger partial charge is 0.177 e. The maximum absolute atomic E-state index is 9.82. The molecular formula is C25H25N5O3S. The molecule has 1 fully saturated rings. The van der Waals surface area contributed by atoms with Crippen LogP contribution in [0, 0.1) is 0 Å². The lowest BCUT2D eigenvalue weighted by molar-refractivity contribution is 0.108. The molecule has 1 aliphatic carbocycles. The van der Waals surface area contributed by atoms with Crippen LogP contribution in [0.3, 0.4) is 0 Å². The van der Waals surface area contributed by atoms with Crippen molar-refractivity contribution < 1.29 is 14.3 Å². The number of benzene rings is 1. The largest absolute Gasteiger partial charge is 0.452 e. The van der Waals surface area contributed by atoms with Crippen LogP contribution in [0.4, 0.5) is 5.82 Å². The Bertz CT molecular complexity index is 1480. The van der Waals surface area contributed by atoms with Crippen LogP contribution in [-0.2, 0) is 11.3 Å². The number of nitrogens with zero attached hydrogens (tertiary/aromatic N) is 4. The number of aromatic nitrogens is 4. The number of aliphatic hydroxyl groups excluding tert-OH is 1. The molecule has 0 unspecified atom stereocenters. The minimum atomic E-state index is -0.190. The van der Waals surface area contributed by atoms with Gasteiger partial charge in [0.1, 0.15) is 10.8 Å². The molecule has 8 nitrogen and oxygen atoms in total. The summed E-state index contributed by atoms with van der Waals surface area (Å²) in [7, 11) is 1.67. The Morgan fingerprint density at radius 2 is 2.06 bits per heavy atom. The first kappa shape index (κ1) is 21.3. The number of hydrogen-bond donors (Lipinski definition) is 2. The van der Waals surface area contributed by atoms with Gasteiger partial charge in [-0.15, -0.1) is 11.3 Å². The average Bonchev–Trinajstić information content (AvgIpc) is 3.58.